The zero-order valence-corrected chi connectivity index (χ0v) is 18.3. The Morgan fingerprint density at radius 3 is 2.36 bits per heavy atom. The summed E-state index contributed by atoms with van der Waals surface area (Å²) < 4.78 is 18.3. The fourth-order valence-corrected chi connectivity index (χ4v) is 3.78. The fourth-order valence-electron chi connectivity index (χ4n) is 3.53. The molecule has 0 N–H and O–H groups in total. The van der Waals surface area contributed by atoms with Gasteiger partial charge in [0.25, 0.3) is 0 Å². The molecule has 0 aliphatic carbocycles. The van der Waals surface area contributed by atoms with E-state index in [9.17, 15) is 4.79 Å². The minimum absolute atomic E-state index is 0.126. The number of benzene rings is 1. The van der Waals surface area contributed by atoms with E-state index in [4.69, 9.17) is 25.6 Å². The summed E-state index contributed by atoms with van der Waals surface area (Å²) in [6.45, 7) is 16.5. The molecule has 28 heavy (non-hydrogen) atoms. The molecule has 0 saturated carbocycles. The molecule has 2 saturated heterocycles. The Morgan fingerprint density at radius 1 is 1.18 bits per heavy atom. The Kier molecular flexibility index (Phi) is 5.47. The smallest absolute Gasteiger partial charge is 0.399 e. The van der Waals surface area contributed by atoms with E-state index >= 15 is 0 Å². The van der Waals surface area contributed by atoms with E-state index in [0.717, 1.165) is 11.0 Å². The van der Waals surface area contributed by atoms with E-state index in [1.807, 2.05) is 59.7 Å². The van der Waals surface area contributed by atoms with E-state index in [0.29, 0.717) is 18.2 Å². The number of rotatable bonds is 3. The van der Waals surface area contributed by atoms with Crippen LogP contribution in [0.25, 0.3) is 0 Å². The van der Waals surface area contributed by atoms with Crippen molar-refractivity contribution >= 4 is 30.1 Å². The summed E-state index contributed by atoms with van der Waals surface area (Å²) in [6.07, 6.45) is 1.34. The van der Waals surface area contributed by atoms with E-state index in [-0.39, 0.29) is 11.9 Å². The summed E-state index contributed by atoms with van der Waals surface area (Å²) >= 11 is 6.43. The number of carbonyl (C=O) groups excluding carboxylic acids is 1. The van der Waals surface area contributed by atoms with E-state index in [1.165, 1.54) is 6.08 Å². The molecule has 1 atom stereocenters. The predicted octanol–water partition coefficient (Wildman–Crippen LogP) is 3.50. The molecular formula is C21H29BClNO4. The molecule has 2 aliphatic rings. The average Bonchev–Trinajstić information content (AvgIpc) is 2.80. The molecule has 2 aliphatic heterocycles. The third-order valence-electron chi connectivity index (χ3n) is 5.87. The highest BCUT2D eigenvalue weighted by Gasteiger charge is 2.52. The van der Waals surface area contributed by atoms with E-state index in [2.05, 4.69) is 6.58 Å². The molecule has 0 unspecified atom stereocenters. The second-order valence-electron chi connectivity index (χ2n) is 9.16. The molecule has 2 fully saturated rings. The molecule has 0 bridgehead atoms. The molecule has 5 nitrogen and oxygen atoms in total. The number of amides is 1. The maximum absolute atomic E-state index is 12.5. The van der Waals surface area contributed by atoms with Crippen LogP contribution in [-0.4, -0.2) is 47.9 Å². The van der Waals surface area contributed by atoms with Gasteiger partial charge in [0.15, 0.2) is 0 Å². The van der Waals surface area contributed by atoms with Crippen LogP contribution in [0.2, 0.25) is 5.02 Å². The lowest BCUT2D eigenvalue weighted by atomic mass is 9.77. The van der Waals surface area contributed by atoms with Crippen LogP contribution >= 0.6 is 11.6 Å². The first kappa shape index (κ1) is 21.4. The molecule has 0 aromatic heterocycles. The SMILES string of the molecule is C=CC(=O)N1CC(C)(C)OC[C@H]1c1cc(Cl)cc(B2OC(C)(C)C(C)(C)O2)c1. The van der Waals surface area contributed by atoms with Gasteiger partial charge in [0, 0.05) is 5.02 Å². The number of halogens is 1. The Labute approximate surface area is 173 Å². The Morgan fingerprint density at radius 2 is 1.79 bits per heavy atom. The number of morpholine rings is 1. The van der Waals surface area contributed by atoms with Crippen LogP contribution in [0.3, 0.4) is 0 Å². The lowest BCUT2D eigenvalue weighted by molar-refractivity contribution is -0.151. The number of nitrogens with zero attached hydrogens (tertiary/aromatic N) is 1. The van der Waals surface area contributed by atoms with E-state index in [1.54, 1.807) is 4.90 Å². The van der Waals surface area contributed by atoms with Crippen LogP contribution in [0.5, 0.6) is 0 Å². The minimum Gasteiger partial charge on any atom is -0.399 e. The summed E-state index contributed by atoms with van der Waals surface area (Å²) in [4.78, 5) is 14.3. The highest BCUT2D eigenvalue weighted by molar-refractivity contribution is 6.62. The molecule has 3 rings (SSSR count). The van der Waals surface area contributed by atoms with Crippen molar-refractivity contribution in [3.8, 4) is 0 Å². The van der Waals surface area contributed by atoms with Gasteiger partial charge in [-0.15, -0.1) is 0 Å². The molecule has 1 aromatic rings. The molecule has 152 valence electrons. The Hall–Kier alpha value is -1.34. The summed E-state index contributed by atoms with van der Waals surface area (Å²) in [6, 6.07) is 5.45. The van der Waals surface area contributed by atoms with Crippen LogP contribution in [0.15, 0.2) is 30.9 Å². The molecule has 0 spiro atoms. The number of ether oxygens (including phenoxy) is 1. The maximum Gasteiger partial charge on any atom is 0.494 e. The van der Waals surface area contributed by atoms with Gasteiger partial charge >= 0.3 is 7.12 Å². The van der Waals surface area contributed by atoms with Crippen molar-refractivity contribution in [2.24, 2.45) is 0 Å². The summed E-state index contributed by atoms with van der Waals surface area (Å²) in [7, 11) is -0.521. The first-order chi connectivity index (χ1) is 12.9. The minimum atomic E-state index is -0.521. The van der Waals surface area contributed by atoms with Crippen LogP contribution in [0, 0.1) is 0 Å². The molecule has 1 amide bonds. The van der Waals surface area contributed by atoms with E-state index < -0.39 is 23.9 Å². The summed E-state index contributed by atoms with van der Waals surface area (Å²) in [5.41, 5.74) is 0.425. The zero-order valence-electron chi connectivity index (χ0n) is 17.5. The molecule has 2 heterocycles. The van der Waals surface area contributed by atoms with Crippen molar-refractivity contribution in [1.82, 2.24) is 4.90 Å². The van der Waals surface area contributed by atoms with Crippen LogP contribution < -0.4 is 5.46 Å². The average molecular weight is 406 g/mol. The van der Waals surface area contributed by atoms with Gasteiger partial charge in [-0.2, -0.15) is 0 Å². The Bertz CT molecular complexity index is 777. The van der Waals surface area contributed by atoms with Gasteiger partial charge in [0.2, 0.25) is 5.91 Å². The largest absolute Gasteiger partial charge is 0.494 e. The van der Waals surface area contributed by atoms with Gasteiger partial charge in [-0.3, -0.25) is 4.79 Å². The highest BCUT2D eigenvalue weighted by atomic mass is 35.5. The second-order valence-corrected chi connectivity index (χ2v) is 9.60. The zero-order chi connectivity index (χ0) is 20.9. The first-order valence-electron chi connectivity index (χ1n) is 9.58. The topological polar surface area (TPSA) is 48.0 Å². The first-order valence-corrected chi connectivity index (χ1v) is 9.96. The van der Waals surface area contributed by atoms with Gasteiger partial charge in [-0.25, -0.2) is 0 Å². The molecule has 0 radical (unpaired) electrons. The summed E-state index contributed by atoms with van der Waals surface area (Å²) in [5, 5.41) is 0.568. The normalized spacial score (nSPS) is 25.6. The second kappa shape index (κ2) is 7.17. The molecule has 7 heteroatoms. The molecule has 1 aromatic carbocycles. The van der Waals surface area contributed by atoms with Crippen molar-refractivity contribution < 1.29 is 18.8 Å². The van der Waals surface area contributed by atoms with Crippen molar-refractivity contribution in [2.45, 2.75) is 64.4 Å². The van der Waals surface area contributed by atoms with Crippen LogP contribution in [-0.2, 0) is 18.8 Å². The van der Waals surface area contributed by atoms with Gasteiger partial charge in [0.05, 0.1) is 36.0 Å². The Balaban J connectivity index is 1.95. The third kappa shape index (κ3) is 4.01. The summed E-state index contributed by atoms with van der Waals surface area (Å²) in [5.74, 6) is -0.126. The van der Waals surface area contributed by atoms with Gasteiger partial charge in [0.1, 0.15) is 0 Å². The number of carbonyl (C=O) groups is 1. The fraction of sp³-hybridized carbons (Fsp3) is 0.571. The highest BCUT2D eigenvalue weighted by Crippen LogP contribution is 2.37. The van der Waals surface area contributed by atoms with Crippen molar-refractivity contribution in [3.63, 3.8) is 0 Å². The monoisotopic (exact) mass is 405 g/mol. The van der Waals surface area contributed by atoms with Crippen molar-refractivity contribution in [1.29, 1.82) is 0 Å². The third-order valence-corrected chi connectivity index (χ3v) is 6.09. The lowest BCUT2D eigenvalue weighted by Crippen LogP contribution is -2.52. The predicted molar refractivity (Wildman–Crippen MR) is 112 cm³/mol. The maximum atomic E-state index is 12.5. The lowest BCUT2D eigenvalue weighted by Gasteiger charge is -2.43. The number of hydrogen-bond donors (Lipinski definition) is 0. The number of hydrogen-bond acceptors (Lipinski definition) is 4. The van der Waals surface area contributed by atoms with Crippen molar-refractivity contribution in [2.75, 3.05) is 13.2 Å². The quantitative estimate of drug-likeness (QED) is 0.570. The van der Waals surface area contributed by atoms with Gasteiger partial charge < -0.3 is 18.9 Å². The van der Waals surface area contributed by atoms with Crippen LogP contribution in [0.4, 0.5) is 0 Å². The van der Waals surface area contributed by atoms with Crippen molar-refractivity contribution in [3.05, 3.63) is 41.4 Å². The standard InChI is InChI=1S/C21H29BClNO4/c1-8-18(25)24-13-19(2,3)26-12-17(24)14-9-15(11-16(23)10-14)22-27-20(4,5)21(6,7)28-22/h8-11,17H,1,12-13H2,2-7H3/t17-/m0/s1. The van der Waals surface area contributed by atoms with Gasteiger partial charge in [-0.1, -0.05) is 24.2 Å². The molecular weight excluding hydrogens is 376 g/mol. The van der Waals surface area contributed by atoms with Crippen LogP contribution in [0.1, 0.15) is 53.1 Å². The van der Waals surface area contributed by atoms with Gasteiger partial charge in [-0.05, 0) is 70.8 Å².